The van der Waals surface area contributed by atoms with Crippen LogP contribution in [0.5, 0.6) is 5.75 Å². The van der Waals surface area contributed by atoms with Crippen LogP contribution in [0.4, 0.5) is 5.13 Å². The lowest BCUT2D eigenvalue weighted by Crippen LogP contribution is -2.13. The standard InChI is InChI=1S/C21H15ClN4O5S2/c1-2-33(29,30)21-26-25-20(32-21)24-18(27)15(12-23)11-13-3-9-17(10-4-13)31-19(28)14-5-7-16(22)8-6-14/h3-11H,2H2,1H3,(H,24,25,27)/b15-11-. The van der Waals surface area contributed by atoms with Gasteiger partial charge >= 0.3 is 5.97 Å². The Morgan fingerprint density at radius 3 is 2.42 bits per heavy atom. The molecule has 0 bridgehead atoms. The van der Waals surface area contributed by atoms with Crippen LogP contribution in [-0.4, -0.2) is 36.2 Å². The molecule has 1 aromatic heterocycles. The van der Waals surface area contributed by atoms with Gasteiger partial charge in [0.05, 0.1) is 11.3 Å². The highest BCUT2D eigenvalue weighted by atomic mass is 35.5. The summed E-state index contributed by atoms with van der Waals surface area (Å²) in [5.41, 5.74) is 0.592. The van der Waals surface area contributed by atoms with Crippen molar-refractivity contribution in [2.45, 2.75) is 11.3 Å². The molecule has 0 aliphatic heterocycles. The Morgan fingerprint density at radius 1 is 1.15 bits per heavy atom. The first kappa shape index (κ1) is 24.1. The molecule has 33 heavy (non-hydrogen) atoms. The second kappa shape index (κ2) is 10.4. The minimum absolute atomic E-state index is 0.0439. The predicted octanol–water partition coefficient (Wildman–Crippen LogP) is 3.75. The van der Waals surface area contributed by atoms with Crippen molar-refractivity contribution in [2.75, 3.05) is 11.1 Å². The van der Waals surface area contributed by atoms with Crippen molar-refractivity contribution in [3.63, 3.8) is 0 Å². The fraction of sp³-hybridized carbons (Fsp3) is 0.0952. The molecule has 0 radical (unpaired) electrons. The molecule has 9 nitrogen and oxygen atoms in total. The summed E-state index contributed by atoms with van der Waals surface area (Å²) in [4.78, 5) is 24.5. The first-order valence-corrected chi connectivity index (χ1v) is 12.1. The van der Waals surface area contributed by atoms with E-state index in [1.165, 1.54) is 37.3 Å². The summed E-state index contributed by atoms with van der Waals surface area (Å²) < 4.78 is 28.7. The largest absolute Gasteiger partial charge is 0.423 e. The summed E-state index contributed by atoms with van der Waals surface area (Å²) in [6.07, 6.45) is 1.32. The zero-order valence-electron chi connectivity index (χ0n) is 17.0. The van der Waals surface area contributed by atoms with Gasteiger partial charge in [0.1, 0.15) is 17.4 Å². The van der Waals surface area contributed by atoms with Gasteiger partial charge in [-0.25, -0.2) is 13.2 Å². The number of carbonyl (C=O) groups excluding carboxylic acids is 2. The van der Waals surface area contributed by atoms with E-state index in [4.69, 9.17) is 16.3 Å². The molecular formula is C21H15ClN4O5S2. The Kier molecular flexibility index (Phi) is 7.55. The third-order valence-corrected chi connectivity index (χ3v) is 7.39. The van der Waals surface area contributed by atoms with E-state index >= 15 is 0 Å². The Balaban J connectivity index is 1.68. The number of rotatable bonds is 7. The SMILES string of the molecule is CCS(=O)(=O)c1nnc(NC(=O)/C(C#N)=C\c2ccc(OC(=O)c3ccc(Cl)cc3)cc2)s1. The van der Waals surface area contributed by atoms with Gasteiger partial charge in [-0.1, -0.05) is 42.0 Å². The molecular weight excluding hydrogens is 488 g/mol. The number of nitriles is 1. The molecule has 0 atom stereocenters. The number of nitrogens with zero attached hydrogens (tertiary/aromatic N) is 3. The molecule has 0 aliphatic carbocycles. The van der Waals surface area contributed by atoms with Crippen LogP contribution in [0.3, 0.4) is 0 Å². The number of amides is 1. The van der Waals surface area contributed by atoms with E-state index in [1.54, 1.807) is 30.3 Å². The van der Waals surface area contributed by atoms with Gasteiger partial charge in [0.15, 0.2) is 0 Å². The van der Waals surface area contributed by atoms with Crippen LogP contribution in [0, 0.1) is 11.3 Å². The zero-order valence-corrected chi connectivity index (χ0v) is 19.4. The molecule has 0 aliphatic rings. The van der Waals surface area contributed by atoms with Crippen molar-refractivity contribution >= 4 is 55.9 Å². The monoisotopic (exact) mass is 502 g/mol. The lowest BCUT2D eigenvalue weighted by Gasteiger charge is -2.05. The van der Waals surface area contributed by atoms with Gasteiger partial charge < -0.3 is 4.74 Å². The number of esters is 1. The van der Waals surface area contributed by atoms with E-state index in [2.05, 4.69) is 15.5 Å². The van der Waals surface area contributed by atoms with E-state index in [0.717, 1.165) is 0 Å². The van der Waals surface area contributed by atoms with Gasteiger partial charge in [0.2, 0.25) is 19.3 Å². The number of nitrogens with one attached hydrogen (secondary N) is 1. The highest BCUT2D eigenvalue weighted by molar-refractivity contribution is 7.93. The van der Waals surface area contributed by atoms with Gasteiger partial charge in [-0.2, -0.15) is 5.26 Å². The van der Waals surface area contributed by atoms with Crippen LogP contribution >= 0.6 is 22.9 Å². The fourth-order valence-electron chi connectivity index (χ4n) is 2.37. The number of sulfone groups is 1. The smallest absolute Gasteiger partial charge is 0.343 e. The molecule has 3 rings (SSSR count). The van der Waals surface area contributed by atoms with Crippen molar-refractivity contribution in [3.8, 4) is 11.8 Å². The van der Waals surface area contributed by atoms with Crippen LogP contribution in [-0.2, 0) is 14.6 Å². The summed E-state index contributed by atoms with van der Waals surface area (Å²) in [6.45, 7) is 1.47. The Bertz CT molecular complexity index is 1360. The van der Waals surface area contributed by atoms with E-state index in [9.17, 15) is 23.3 Å². The topological polar surface area (TPSA) is 139 Å². The van der Waals surface area contributed by atoms with Crippen molar-refractivity contribution in [3.05, 3.63) is 70.3 Å². The maximum atomic E-state index is 12.4. The van der Waals surface area contributed by atoms with Crippen molar-refractivity contribution in [1.82, 2.24) is 10.2 Å². The maximum Gasteiger partial charge on any atom is 0.343 e. The molecule has 0 spiro atoms. The number of halogens is 1. The quantitative estimate of drug-likeness (QED) is 0.169. The van der Waals surface area contributed by atoms with Crippen LogP contribution in [0.2, 0.25) is 5.02 Å². The van der Waals surface area contributed by atoms with Crippen molar-refractivity contribution in [1.29, 1.82) is 5.26 Å². The number of ether oxygens (including phenoxy) is 1. The third-order valence-electron chi connectivity index (χ3n) is 4.12. The maximum absolute atomic E-state index is 12.4. The molecule has 2 aromatic carbocycles. The van der Waals surface area contributed by atoms with Crippen LogP contribution < -0.4 is 10.1 Å². The number of hydrogen-bond acceptors (Lipinski definition) is 9. The van der Waals surface area contributed by atoms with Crippen LogP contribution in [0.1, 0.15) is 22.8 Å². The predicted molar refractivity (Wildman–Crippen MR) is 123 cm³/mol. The van der Waals surface area contributed by atoms with E-state index in [0.29, 0.717) is 27.5 Å². The summed E-state index contributed by atoms with van der Waals surface area (Å²) in [5.74, 6) is -1.21. The Morgan fingerprint density at radius 2 is 1.82 bits per heavy atom. The molecule has 0 unspecified atom stereocenters. The highest BCUT2D eigenvalue weighted by Gasteiger charge is 2.20. The summed E-state index contributed by atoms with van der Waals surface area (Å²) >= 11 is 6.50. The second-order valence-electron chi connectivity index (χ2n) is 6.37. The molecule has 12 heteroatoms. The molecule has 0 saturated carbocycles. The van der Waals surface area contributed by atoms with Gasteiger partial charge in [-0.15, -0.1) is 10.2 Å². The summed E-state index contributed by atoms with van der Waals surface area (Å²) in [6, 6.07) is 14.2. The van der Waals surface area contributed by atoms with Gasteiger partial charge in [-0.3, -0.25) is 10.1 Å². The van der Waals surface area contributed by atoms with Crippen LogP contribution in [0.25, 0.3) is 6.08 Å². The van der Waals surface area contributed by atoms with E-state index in [-0.39, 0.29) is 26.5 Å². The summed E-state index contributed by atoms with van der Waals surface area (Å²) in [5, 5.41) is 19.3. The first-order chi connectivity index (χ1) is 15.7. The molecule has 1 heterocycles. The minimum Gasteiger partial charge on any atom is -0.423 e. The average Bonchev–Trinajstić information content (AvgIpc) is 3.28. The number of carbonyl (C=O) groups is 2. The Labute approximate surface area is 198 Å². The average molecular weight is 503 g/mol. The molecule has 1 amide bonds. The number of anilines is 1. The van der Waals surface area contributed by atoms with E-state index < -0.39 is 21.7 Å². The molecule has 0 saturated heterocycles. The normalized spacial score (nSPS) is 11.5. The molecule has 3 aromatic rings. The van der Waals surface area contributed by atoms with Gasteiger partial charge in [-0.05, 0) is 48.0 Å². The number of aromatic nitrogens is 2. The Hall–Kier alpha value is -3.59. The van der Waals surface area contributed by atoms with Gasteiger partial charge in [0.25, 0.3) is 5.91 Å². The molecule has 1 N–H and O–H groups in total. The third kappa shape index (κ3) is 6.23. The lowest BCUT2D eigenvalue weighted by atomic mass is 10.1. The van der Waals surface area contributed by atoms with Crippen molar-refractivity contribution in [2.24, 2.45) is 0 Å². The first-order valence-electron chi connectivity index (χ1n) is 9.29. The number of benzene rings is 2. The molecule has 0 fully saturated rings. The van der Waals surface area contributed by atoms with E-state index in [1.807, 2.05) is 0 Å². The fourth-order valence-corrected chi connectivity index (χ4v) is 4.48. The lowest BCUT2D eigenvalue weighted by molar-refractivity contribution is -0.112. The van der Waals surface area contributed by atoms with Gasteiger partial charge in [0, 0.05) is 5.02 Å². The molecule has 168 valence electrons. The van der Waals surface area contributed by atoms with Crippen molar-refractivity contribution < 1.29 is 22.7 Å². The minimum atomic E-state index is -3.55. The number of hydrogen-bond donors (Lipinski definition) is 1. The second-order valence-corrected chi connectivity index (χ2v) is 10.2. The zero-order chi connectivity index (χ0) is 24.0. The highest BCUT2D eigenvalue weighted by Crippen LogP contribution is 2.22. The summed E-state index contributed by atoms with van der Waals surface area (Å²) in [7, 11) is -3.55. The van der Waals surface area contributed by atoms with Crippen LogP contribution in [0.15, 0.2) is 58.4 Å².